The number of carbonyl (C=O) groups is 1. The molecule has 1 saturated heterocycles. The topological polar surface area (TPSA) is 110 Å². The molecule has 0 aliphatic carbocycles. The first-order valence-corrected chi connectivity index (χ1v) is 9.59. The third-order valence-electron chi connectivity index (χ3n) is 4.81. The van der Waals surface area contributed by atoms with Gasteiger partial charge in [0.1, 0.15) is 0 Å². The predicted octanol–water partition coefficient (Wildman–Crippen LogP) is 1.49. The van der Waals surface area contributed by atoms with Crippen LogP contribution in [0.4, 0.5) is 0 Å². The molecular weight excluding hydrogens is 348 g/mol. The summed E-state index contributed by atoms with van der Waals surface area (Å²) in [5.41, 5.74) is 0.730. The molecule has 9 heteroatoms. The van der Waals surface area contributed by atoms with Gasteiger partial charge in [0.15, 0.2) is 5.58 Å². The fourth-order valence-corrected chi connectivity index (χ4v) is 5.14. The first-order chi connectivity index (χ1) is 11.8. The molecule has 0 radical (unpaired) electrons. The van der Waals surface area contributed by atoms with Crippen LogP contribution in [-0.4, -0.2) is 41.0 Å². The van der Waals surface area contributed by atoms with Crippen LogP contribution in [0.15, 0.2) is 32.3 Å². The second-order valence-corrected chi connectivity index (χ2v) is 8.08. The second-order valence-electron chi connectivity index (χ2n) is 6.19. The number of oxazole rings is 1. The molecule has 2 atom stereocenters. The maximum Gasteiger partial charge on any atom is 0.419 e. The molecule has 1 fully saturated rings. The van der Waals surface area contributed by atoms with Crippen LogP contribution >= 0.6 is 0 Å². The molecule has 0 unspecified atom stereocenters. The van der Waals surface area contributed by atoms with E-state index in [0.717, 1.165) is 0 Å². The summed E-state index contributed by atoms with van der Waals surface area (Å²) in [5, 5.41) is 9.29. The quantitative estimate of drug-likeness (QED) is 0.875. The minimum absolute atomic E-state index is 0.00473. The van der Waals surface area contributed by atoms with Gasteiger partial charge in [0.2, 0.25) is 10.0 Å². The normalized spacial score (nSPS) is 22.3. The largest absolute Gasteiger partial charge is 0.481 e. The highest BCUT2D eigenvalue weighted by atomic mass is 32.2. The highest BCUT2D eigenvalue weighted by Crippen LogP contribution is 2.30. The molecule has 0 bridgehead atoms. The number of sulfonamides is 1. The maximum atomic E-state index is 13.0. The summed E-state index contributed by atoms with van der Waals surface area (Å²) in [6.45, 7) is 4.09. The van der Waals surface area contributed by atoms with E-state index in [1.165, 1.54) is 21.0 Å². The monoisotopic (exact) mass is 368 g/mol. The minimum atomic E-state index is -3.88. The first-order valence-electron chi connectivity index (χ1n) is 8.15. The van der Waals surface area contributed by atoms with Gasteiger partial charge in [0.25, 0.3) is 0 Å². The van der Waals surface area contributed by atoms with Crippen molar-refractivity contribution in [3.63, 3.8) is 0 Å². The second kappa shape index (κ2) is 6.30. The van der Waals surface area contributed by atoms with Gasteiger partial charge < -0.3 is 9.52 Å². The molecule has 1 N–H and O–H groups in total. The van der Waals surface area contributed by atoms with Crippen LogP contribution in [0, 0.1) is 5.92 Å². The van der Waals surface area contributed by atoms with Crippen LogP contribution in [0.25, 0.3) is 11.1 Å². The molecule has 2 heterocycles. The van der Waals surface area contributed by atoms with Crippen LogP contribution in [-0.2, 0) is 21.4 Å². The van der Waals surface area contributed by atoms with Crippen LogP contribution in [0.1, 0.15) is 26.7 Å². The Kier molecular flexibility index (Phi) is 4.46. The number of rotatable bonds is 4. The smallest absolute Gasteiger partial charge is 0.419 e. The Hall–Kier alpha value is -2.13. The molecule has 1 aromatic carbocycles. The summed E-state index contributed by atoms with van der Waals surface area (Å²) in [5.74, 6) is -2.26. The SMILES string of the molecule is CCn1c(=O)oc2cc(S(=O)(=O)N3CCC[C@H](C(=O)O)[C@@H]3C)ccc21. The zero-order chi connectivity index (χ0) is 18.4. The lowest BCUT2D eigenvalue weighted by atomic mass is 9.92. The number of aromatic nitrogens is 1. The summed E-state index contributed by atoms with van der Waals surface area (Å²) < 4.78 is 33.7. The van der Waals surface area contributed by atoms with Crippen molar-refractivity contribution in [2.75, 3.05) is 6.54 Å². The van der Waals surface area contributed by atoms with Crippen LogP contribution in [0.5, 0.6) is 0 Å². The van der Waals surface area contributed by atoms with E-state index in [1.807, 2.05) is 0 Å². The van der Waals surface area contributed by atoms with E-state index >= 15 is 0 Å². The Morgan fingerprint density at radius 3 is 2.76 bits per heavy atom. The van der Waals surface area contributed by atoms with Gasteiger partial charge in [-0.1, -0.05) is 0 Å². The van der Waals surface area contributed by atoms with Crippen LogP contribution < -0.4 is 5.76 Å². The molecule has 0 amide bonds. The van der Waals surface area contributed by atoms with E-state index < -0.39 is 33.7 Å². The highest BCUT2D eigenvalue weighted by molar-refractivity contribution is 7.89. The zero-order valence-corrected chi connectivity index (χ0v) is 14.8. The Labute approximate surface area is 144 Å². The van der Waals surface area contributed by atoms with Crippen molar-refractivity contribution in [2.24, 2.45) is 5.92 Å². The average molecular weight is 368 g/mol. The molecule has 1 aliphatic rings. The van der Waals surface area contributed by atoms with Gasteiger partial charge in [-0.3, -0.25) is 9.36 Å². The lowest BCUT2D eigenvalue weighted by Crippen LogP contribution is -2.48. The molecule has 2 aromatic rings. The van der Waals surface area contributed by atoms with Crippen molar-refractivity contribution in [1.29, 1.82) is 0 Å². The number of aliphatic carboxylic acids is 1. The maximum absolute atomic E-state index is 13.0. The van der Waals surface area contributed by atoms with Crippen molar-refractivity contribution < 1.29 is 22.7 Å². The Morgan fingerprint density at radius 2 is 2.12 bits per heavy atom. The van der Waals surface area contributed by atoms with Crippen molar-refractivity contribution in [3.8, 4) is 0 Å². The zero-order valence-electron chi connectivity index (χ0n) is 14.0. The number of hydrogen-bond donors (Lipinski definition) is 1. The van der Waals surface area contributed by atoms with E-state index in [-0.39, 0.29) is 17.0 Å². The molecule has 136 valence electrons. The van der Waals surface area contributed by atoms with Gasteiger partial charge in [0.05, 0.1) is 16.3 Å². The van der Waals surface area contributed by atoms with E-state index in [0.29, 0.717) is 24.9 Å². The van der Waals surface area contributed by atoms with Crippen molar-refractivity contribution in [2.45, 2.75) is 44.2 Å². The van der Waals surface area contributed by atoms with E-state index in [1.54, 1.807) is 19.9 Å². The van der Waals surface area contributed by atoms with Gasteiger partial charge in [-0.25, -0.2) is 13.2 Å². The number of benzene rings is 1. The standard InChI is InChI=1S/C16H20N2O6S/c1-3-17-13-7-6-11(9-14(13)24-16(17)21)25(22,23)18-8-4-5-12(10(18)2)15(19)20/h6-7,9-10,12H,3-5,8H2,1-2H3,(H,19,20)/t10-,12-/m0/s1. The number of carboxylic acids is 1. The van der Waals surface area contributed by atoms with Crippen molar-refractivity contribution in [3.05, 3.63) is 28.7 Å². The lowest BCUT2D eigenvalue weighted by Gasteiger charge is -2.36. The van der Waals surface area contributed by atoms with Gasteiger partial charge in [-0.05, 0) is 38.8 Å². The number of aryl methyl sites for hydroxylation is 1. The summed E-state index contributed by atoms with van der Waals surface area (Å²) in [7, 11) is -3.88. The number of carboxylic acid groups (broad SMARTS) is 1. The molecular formula is C16H20N2O6S. The number of fused-ring (bicyclic) bond motifs is 1. The minimum Gasteiger partial charge on any atom is -0.481 e. The van der Waals surface area contributed by atoms with Gasteiger partial charge in [-0.15, -0.1) is 0 Å². The van der Waals surface area contributed by atoms with E-state index in [2.05, 4.69) is 0 Å². The fraction of sp³-hybridized carbons (Fsp3) is 0.500. The molecule has 1 aromatic heterocycles. The van der Waals surface area contributed by atoms with Crippen molar-refractivity contribution in [1.82, 2.24) is 8.87 Å². The Bertz CT molecular complexity index is 974. The third kappa shape index (κ3) is 2.87. The molecule has 1 aliphatic heterocycles. The van der Waals surface area contributed by atoms with E-state index in [9.17, 15) is 23.1 Å². The molecule has 8 nitrogen and oxygen atoms in total. The molecule has 25 heavy (non-hydrogen) atoms. The van der Waals surface area contributed by atoms with Crippen LogP contribution in [0.3, 0.4) is 0 Å². The Morgan fingerprint density at radius 1 is 1.40 bits per heavy atom. The van der Waals surface area contributed by atoms with Crippen LogP contribution in [0.2, 0.25) is 0 Å². The third-order valence-corrected chi connectivity index (χ3v) is 6.79. The summed E-state index contributed by atoms with van der Waals surface area (Å²) >= 11 is 0. The highest BCUT2D eigenvalue weighted by Gasteiger charge is 2.39. The Balaban J connectivity index is 2.03. The molecule has 0 spiro atoms. The lowest BCUT2D eigenvalue weighted by molar-refractivity contribution is -0.144. The summed E-state index contributed by atoms with van der Waals surface area (Å²) in [4.78, 5) is 23.1. The van der Waals surface area contributed by atoms with Gasteiger partial charge in [0, 0.05) is 25.2 Å². The number of nitrogens with zero attached hydrogens (tertiary/aromatic N) is 2. The predicted molar refractivity (Wildman–Crippen MR) is 89.9 cm³/mol. The molecule has 3 rings (SSSR count). The van der Waals surface area contributed by atoms with Gasteiger partial charge in [-0.2, -0.15) is 4.31 Å². The van der Waals surface area contributed by atoms with Crippen molar-refractivity contribution >= 4 is 27.1 Å². The van der Waals surface area contributed by atoms with Gasteiger partial charge >= 0.3 is 11.7 Å². The summed E-state index contributed by atoms with van der Waals surface area (Å²) in [6.07, 6.45) is 0.944. The number of hydrogen-bond acceptors (Lipinski definition) is 5. The molecule has 0 saturated carbocycles. The first kappa shape index (κ1) is 17.7. The summed E-state index contributed by atoms with van der Waals surface area (Å²) in [6, 6.07) is 3.66. The van der Waals surface area contributed by atoms with E-state index in [4.69, 9.17) is 4.42 Å². The average Bonchev–Trinajstić information content (AvgIpc) is 2.88. The number of piperidine rings is 1. The fourth-order valence-electron chi connectivity index (χ4n) is 3.42.